The first-order valence-corrected chi connectivity index (χ1v) is 7.62. The third-order valence-corrected chi connectivity index (χ3v) is 4.43. The molecule has 0 unspecified atom stereocenters. The molecule has 20 heavy (non-hydrogen) atoms. The molecule has 0 aliphatic heterocycles. The lowest BCUT2D eigenvalue weighted by Gasteiger charge is -2.38. The smallest absolute Gasteiger partial charge is 0.226 e. The second-order valence-corrected chi connectivity index (χ2v) is 6.77. The molecule has 2 rings (SSSR count). The van der Waals surface area contributed by atoms with Crippen LogP contribution in [0.5, 0.6) is 0 Å². The molecule has 5 nitrogen and oxygen atoms in total. The van der Waals surface area contributed by atoms with Crippen LogP contribution in [0.25, 0.3) is 10.2 Å². The van der Waals surface area contributed by atoms with Crippen molar-refractivity contribution in [2.75, 3.05) is 17.2 Å². The van der Waals surface area contributed by atoms with Crippen LogP contribution in [0, 0.1) is 0 Å². The van der Waals surface area contributed by atoms with Gasteiger partial charge in [-0.1, -0.05) is 0 Å². The van der Waals surface area contributed by atoms with Crippen LogP contribution < -0.4 is 10.6 Å². The molecule has 0 aliphatic carbocycles. The minimum Gasteiger partial charge on any atom is -0.388 e. The molecule has 0 atom stereocenters. The predicted molar refractivity (Wildman–Crippen MR) is 85.6 cm³/mol. The summed E-state index contributed by atoms with van der Waals surface area (Å²) in [7, 11) is 0. The van der Waals surface area contributed by atoms with Crippen molar-refractivity contribution in [3.8, 4) is 0 Å². The number of nitrogens with zero attached hydrogens (tertiary/aromatic N) is 2. The van der Waals surface area contributed by atoms with Gasteiger partial charge in [0.15, 0.2) is 0 Å². The highest BCUT2D eigenvalue weighted by molar-refractivity contribution is 7.16. The fourth-order valence-corrected chi connectivity index (χ4v) is 2.40. The van der Waals surface area contributed by atoms with Gasteiger partial charge >= 0.3 is 0 Å². The Morgan fingerprint density at radius 1 is 1.25 bits per heavy atom. The standard InChI is InChI=1S/C14H22N4OS/c1-6-15-12-16-10(9-7-8-20-11(9)17-12)18-13(2,3)14(4,5)19/h7-8,19H,6H2,1-5H3,(H2,15,16,17,18). The van der Waals surface area contributed by atoms with E-state index in [1.807, 2.05) is 32.2 Å². The van der Waals surface area contributed by atoms with Crippen molar-refractivity contribution < 1.29 is 5.11 Å². The third-order valence-electron chi connectivity index (χ3n) is 3.62. The van der Waals surface area contributed by atoms with E-state index in [2.05, 4.69) is 20.6 Å². The normalized spacial score (nSPS) is 12.7. The van der Waals surface area contributed by atoms with Crippen LogP contribution in [0.2, 0.25) is 0 Å². The first-order valence-electron chi connectivity index (χ1n) is 6.74. The summed E-state index contributed by atoms with van der Waals surface area (Å²) in [6.45, 7) is 10.3. The van der Waals surface area contributed by atoms with Crippen molar-refractivity contribution >= 4 is 33.3 Å². The molecular formula is C14H22N4OS. The summed E-state index contributed by atoms with van der Waals surface area (Å²) in [4.78, 5) is 9.93. The van der Waals surface area contributed by atoms with E-state index >= 15 is 0 Å². The van der Waals surface area contributed by atoms with Crippen molar-refractivity contribution in [2.24, 2.45) is 0 Å². The maximum absolute atomic E-state index is 10.3. The molecule has 2 aromatic rings. The van der Waals surface area contributed by atoms with E-state index in [1.54, 1.807) is 25.2 Å². The SMILES string of the molecule is CCNc1nc(NC(C)(C)C(C)(C)O)c2ccsc2n1. The predicted octanol–water partition coefficient (Wildman–Crippen LogP) is 3.08. The van der Waals surface area contributed by atoms with Gasteiger partial charge in [0, 0.05) is 6.54 Å². The van der Waals surface area contributed by atoms with E-state index < -0.39 is 11.1 Å². The molecule has 6 heteroatoms. The van der Waals surface area contributed by atoms with E-state index in [-0.39, 0.29) is 0 Å². The Labute approximate surface area is 123 Å². The molecule has 0 radical (unpaired) electrons. The van der Waals surface area contributed by atoms with Crippen molar-refractivity contribution in [3.05, 3.63) is 11.4 Å². The Balaban J connectivity index is 2.45. The number of rotatable bonds is 5. The number of aliphatic hydroxyl groups is 1. The first kappa shape index (κ1) is 15.0. The quantitative estimate of drug-likeness (QED) is 0.790. The molecule has 0 aromatic carbocycles. The van der Waals surface area contributed by atoms with Gasteiger partial charge in [-0.3, -0.25) is 0 Å². The number of fused-ring (bicyclic) bond motifs is 1. The van der Waals surface area contributed by atoms with E-state index in [0.29, 0.717) is 5.95 Å². The zero-order valence-corrected chi connectivity index (χ0v) is 13.4. The van der Waals surface area contributed by atoms with E-state index in [0.717, 1.165) is 22.6 Å². The zero-order valence-electron chi connectivity index (χ0n) is 12.6. The Bertz CT molecular complexity index is 601. The van der Waals surface area contributed by atoms with Gasteiger partial charge in [0.05, 0.1) is 16.5 Å². The molecular weight excluding hydrogens is 272 g/mol. The number of aromatic nitrogens is 2. The number of hydrogen-bond acceptors (Lipinski definition) is 6. The minimum atomic E-state index is -0.876. The van der Waals surface area contributed by atoms with Crippen LogP contribution >= 0.6 is 11.3 Å². The number of anilines is 2. The Hall–Kier alpha value is -1.40. The van der Waals surface area contributed by atoms with Gasteiger partial charge in [-0.15, -0.1) is 11.3 Å². The van der Waals surface area contributed by atoms with Crippen molar-refractivity contribution in [3.63, 3.8) is 0 Å². The number of nitrogens with one attached hydrogen (secondary N) is 2. The lowest BCUT2D eigenvalue weighted by molar-refractivity contribution is 0.0239. The Kier molecular flexibility index (Phi) is 3.88. The van der Waals surface area contributed by atoms with Crippen LogP contribution in [-0.2, 0) is 0 Å². The summed E-state index contributed by atoms with van der Waals surface area (Å²) in [5.74, 6) is 1.36. The minimum absolute atomic E-state index is 0.514. The summed E-state index contributed by atoms with van der Waals surface area (Å²) in [6, 6.07) is 2.00. The van der Waals surface area contributed by atoms with E-state index in [4.69, 9.17) is 0 Å². The fraction of sp³-hybridized carbons (Fsp3) is 0.571. The summed E-state index contributed by atoms with van der Waals surface area (Å²) >= 11 is 1.58. The van der Waals surface area contributed by atoms with Crippen LogP contribution in [-0.4, -0.2) is 32.8 Å². The molecule has 2 aromatic heterocycles. The highest BCUT2D eigenvalue weighted by Gasteiger charge is 2.35. The second kappa shape index (κ2) is 5.18. The van der Waals surface area contributed by atoms with Gasteiger partial charge in [-0.2, -0.15) is 4.98 Å². The summed E-state index contributed by atoms with van der Waals surface area (Å²) in [5, 5.41) is 19.7. The van der Waals surface area contributed by atoms with Crippen molar-refractivity contribution in [1.82, 2.24) is 9.97 Å². The van der Waals surface area contributed by atoms with Gasteiger partial charge in [0.2, 0.25) is 5.95 Å². The average Bonchev–Trinajstić information content (AvgIpc) is 2.75. The van der Waals surface area contributed by atoms with E-state index in [1.165, 1.54) is 0 Å². The second-order valence-electron chi connectivity index (χ2n) is 5.87. The third kappa shape index (κ3) is 2.86. The molecule has 0 amide bonds. The highest BCUT2D eigenvalue weighted by atomic mass is 32.1. The highest BCUT2D eigenvalue weighted by Crippen LogP contribution is 2.31. The summed E-state index contributed by atoms with van der Waals surface area (Å²) in [5.41, 5.74) is -1.39. The maximum atomic E-state index is 10.3. The van der Waals surface area contributed by atoms with Gasteiger partial charge in [0.1, 0.15) is 10.6 Å². The maximum Gasteiger partial charge on any atom is 0.226 e. The molecule has 0 saturated heterocycles. The van der Waals surface area contributed by atoms with Crippen LogP contribution in [0.1, 0.15) is 34.6 Å². The van der Waals surface area contributed by atoms with Gasteiger partial charge in [0.25, 0.3) is 0 Å². The molecule has 2 heterocycles. The number of thiophene rings is 1. The molecule has 0 saturated carbocycles. The van der Waals surface area contributed by atoms with Gasteiger partial charge < -0.3 is 15.7 Å². The molecule has 110 valence electrons. The van der Waals surface area contributed by atoms with Gasteiger partial charge in [-0.25, -0.2) is 4.98 Å². The number of hydrogen-bond donors (Lipinski definition) is 3. The molecule has 0 spiro atoms. The van der Waals surface area contributed by atoms with Crippen LogP contribution in [0.3, 0.4) is 0 Å². The molecule has 0 bridgehead atoms. The lowest BCUT2D eigenvalue weighted by Crippen LogP contribution is -2.51. The average molecular weight is 294 g/mol. The topological polar surface area (TPSA) is 70.1 Å². The monoisotopic (exact) mass is 294 g/mol. The zero-order chi connectivity index (χ0) is 15.0. The summed E-state index contributed by atoms with van der Waals surface area (Å²) < 4.78 is 0. The first-order chi connectivity index (χ1) is 9.24. The molecule has 3 N–H and O–H groups in total. The van der Waals surface area contributed by atoms with Crippen LogP contribution in [0.4, 0.5) is 11.8 Å². The Morgan fingerprint density at radius 3 is 2.55 bits per heavy atom. The van der Waals surface area contributed by atoms with Crippen LogP contribution in [0.15, 0.2) is 11.4 Å². The van der Waals surface area contributed by atoms with Crippen molar-refractivity contribution in [1.29, 1.82) is 0 Å². The Morgan fingerprint density at radius 2 is 1.95 bits per heavy atom. The molecule has 0 fully saturated rings. The van der Waals surface area contributed by atoms with Gasteiger partial charge in [-0.05, 0) is 46.1 Å². The van der Waals surface area contributed by atoms with E-state index in [9.17, 15) is 5.11 Å². The molecule has 0 aliphatic rings. The fourth-order valence-electron chi connectivity index (χ4n) is 1.64. The largest absolute Gasteiger partial charge is 0.388 e. The van der Waals surface area contributed by atoms with Crippen molar-refractivity contribution in [2.45, 2.75) is 45.8 Å². The lowest BCUT2D eigenvalue weighted by atomic mass is 9.86. The summed E-state index contributed by atoms with van der Waals surface area (Å²) in [6.07, 6.45) is 0.